The van der Waals surface area contributed by atoms with Crippen LogP contribution in [0, 0.1) is 0 Å². The lowest BCUT2D eigenvalue weighted by atomic mass is 10.3. The Kier molecular flexibility index (Phi) is 3.17. The maximum atomic E-state index is 10.8. The SMILES string of the molecule is CC(NCc1nc2ccccc2s1)C(N)=O. The fraction of sp³-hybridized carbons (Fsp3) is 0.273. The minimum absolute atomic E-state index is 0.327. The maximum absolute atomic E-state index is 10.8. The van der Waals surface area contributed by atoms with Gasteiger partial charge in [0, 0.05) is 6.54 Å². The van der Waals surface area contributed by atoms with E-state index in [9.17, 15) is 4.79 Å². The van der Waals surface area contributed by atoms with Crippen LogP contribution in [-0.4, -0.2) is 16.9 Å². The van der Waals surface area contributed by atoms with Crippen LogP contribution in [0.4, 0.5) is 0 Å². The van der Waals surface area contributed by atoms with Gasteiger partial charge in [-0.1, -0.05) is 12.1 Å². The van der Waals surface area contributed by atoms with Crippen LogP contribution in [0.15, 0.2) is 24.3 Å². The summed E-state index contributed by atoms with van der Waals surface area (Å²) in [5, 5.41) is 4.00. The first-order valence-electron chi connectivity index (χ1n) is 5.04. The first-order valence-corrected chi connectivity index (χ1v) is 5.85. The number of hydrogen-bond acceptors (Lipinski definition) is 4. The van der Waals surface area contributed by atoms with Crippen LogP contribution in [0.1, 0.15) is 11.9 Å². The molecule has 0 saturated carbocycles. The third-order valence-corrected chi connectivity index (χ3v) is 3.36. The number of rotatable bonds is 4. The molecule has 5 heteroatoms. The lowest BCUT2D eigenvalue weighted by molar-refractivity contribution is -0.119. The van der Waals surface area contributed by atoms with Crippen molar-refractivity contribution < 1.29 is 4.79 Å². The summed E-state index contributed by atoms with van der Waals surface area (Å²) in [4.78, 5) is 15.3. The Balaban J connectivity index is 2.07. The standard InChI is InChI=1S/C11H13N3OS/c1-7(11(12)15)13-6-10-14-8-4-2-3-5-9(8)16-10/h2-5,7,13H,6H2,1H3,(H2,12,15). The van der Waals surface area contributed by atoms with Crippen molar-refractivity contribution in [3.8, 4) is 0 Å². The molecule has 16 heavy (non-hydrogen) atoms. The number of aromatic nitrogens is 1. The molecule has 1 amide bonds. The molecule has 1 aromatic carbocycles. The molecule has 0 saturated heterocycles. The molecule has 4 nitrogen and oxygen atoms in total. The van der Waals surface area contributed by atoms with Gasteiger partial charge in [-0.05, 0) is 19.1 Å². The van der Waals surface area contributed by atoms with Crippen LogP contribution < -0.4 is 11.1 Å². The van der Waals surface area contributed by atoms with Gasteiger partial charge in [-0.3, -0.25) is 10.1 Å². The van der Waals surface area contributed by atoms with E-state index < -0.39 is 0 Å². The summed E-state index contributed by atoms with van der Waals surface area (Å²) in [7, 11) is 0. The Morgan fingerprint density at radius 2 is 2.31 bits per heavy atom. The molecule has 1 heterocycles. The quantitative estimate of drug-likeness (QED) is 0.838. The Bertz CT molecular complexity index is 476. The van der Waals surface area contributed by atoms with E-state index in [0.717, 1.165) is 15.2 Å². The Labute approximate surface area is 97.5 Å². The average Bonchev–Trinajstić information content (AvgIpc) is 2.68. The molecule has 0 aliphatic carbocycles. The van der Waals surface area contributed by atoms with Gasteiger partial charge in [0.1, 0.15) is 5.01 Å². The molecule has 2 rings (SSSR count). The molecule has 2 aromatic rings. The Hall–Kier alpha value is -1.46. The monoisotopic (exact) mass is 235 g/mol. The van der Waals surface area contributed by atoms with Gasteiger partial charge in [-0.25, -0.2) is 4.98 Å². The molecule has 0 bridgehead atoms. The number of hydrogen-bond donors (Lipinski definition) is 2. The predicted molar refractivity (Wildman–Crippen MR) is 65.1 cm³/mol. The fourth-order valence-corrected chi connectivity index (χ4v) is 2.25. The number of carbonyl (C=O) groups is 1. The Morgan fingerprint density at radius 3 is 3.00 bits per heavy atom. The van der Waals surface area contributed by atoms with Gasteiger partial charge in [0.05, 0.1) is 16.3 Å². The van der Waals surface area contributed by atoms with Crippen molar-refractivity contribution in [2.45, 2.75) is 19.5 Å². The highest BCUT2D eigenvalue weighted by atomic mass is 32.1. The Morgan fingerprint density at radius 1 is 1.56 bits per heavy atom. The highest BCUT2D eigenvalue weighted by molar-refractivity contribution is 7.18. The topological polar surface area (TPSA) is 68.0 Å². The molecular weight excluding hydrogens is 222 g/mol. The van der Waals surface area contributed by atoms with E-state index in [1.165, 1.54) is 0 Å². The second kappa shape index (κ2) is 4.59. The summed E-state index contributed by atoms with van der Waals surface area (Å²) in [5.41, 5.74) is 6.15. The highest BCUT2D eigenvalue weighted by Gasteiger charge is 2.09. The van der Waals surface area contributed by atoms with Crippen molar-refractivity contribution >= 4 is 27.5 Å². The van der Waals surface area contributed by atoms with Crippen molar-refractivity contribution in [3.63, 3.8) is 0 Å². The van der Waals surface area contributed by atoms with Crippen LogP contribution in [0.2, 0.25) is 0 Å². The molecule has 1 aromatic heterocycles. The van der Waals surface area contributed by atoms with E-state index in [4.69, 9.17) is 5.73 Å². The minimum Gasteiger partial charge on any atom is -0.368 e. The van der Waals surface area contributed by atoms with Crippen molar-refractivity contribution in [2.75, 3.05) is 0 Å². The number of nitrogens with one attached hydrogen (secondary N) is 1. The van der Waals surface area contributed by atoms with E-state index in [1.54, 1.807) is 18.3 Å². The molecule has 84 valence electrons. The number of para-hydroxylation sites is 1. The molecule has 0 spiro atoms. The number of fused-ring (bicyclic) bond motifs is 1. The normalized spacial score (nSPS) is 12.8. The largest absolute Gasteiger partial charge is 0.368 e. The first kappa shape index (κ1) is 11.0. The zero-order valence-corrected chi connectivity index (χ0v) is 9.75. The molecule has 0 aliphatic heterocycles. The minimum atomic E-state index is -0.346. The van der Waals surface area contributed by atoms with Gasteiger partial charge in [-0.15, -0.1) is 11.3 Å². The average molecular weight is 235 g/mol. The number of nitrogens with two attached hydrogens (primary N) is 1. The molecule has 3 N–H and O–H groups in total. The highest BCUT2D eigenvalue weighted by Crippen LogP contribution is 2.21. The van der Waals surface area contributed by atoms with E-state index in [0.29, 0.717) is 6.54 Å². The zero-order valence-electron chi connectivity index (χ0n) is 8.93. The van der Waals surface area contributed by atoms with Crippen molar-refractivity contribution in [1.29, 1.82) is 0 Å². The summed E-state index contributed by atoms with van der Waals surface area (Å²) in [6, 6.07) is 7.64. The smallest absolute Gasteiger partial charge is 0.234 e. The maximum Gasteiger partial charge on any atom is 0.234 e. The molecule has 0 radical (unpaired) electrons. The predicted octanol–water partition coefficient (Wildman–Crippen LogP) is 1.26. The van der Waals surface area contributed by atoms with Crippen LogP contribution in [0.3, 0.4) is 0 Å². The van der Waals surface area contributed by atoms with Crippen LogP contribution in [0.25, 0.3) is 10.2 Å². The number of nitrogens with zero attached hydrogens (tertiary/aromatic N) is 1. The molecule has 1 unspecified atom stereocenters. The number of benzene rings is 1. The summed E-state index contributed by atoms with van der Waals surface area (Å²) < 4.78 is 1.16. The van der Waals surface area contributed by atoms with Gasteiger partial charge in [-0.2, -0.15) is 0 Å². The number of primary amides is 1. The van der Waals surface area contributed by atoms with Gasteiger partial charge in [0.25, 0.3) is 0 Å². The second-order valence-electron chi connectivity index (χ2n) is 3.58. The lowest BCUT2D eigenvalue weighted by Crippen LogP contribution is -2.38. The van der Waals surface area contributed by atoms with E-state index in [2.05, 4.69) is 10.3 Å². The molecule has 0 aliphatic rings. The lowest BCUT2D eigenvalue weighted by Gasteiger charge is -2.07. The van der Waals surface area contributed by atoms with Gasteiger partial charge in [0.15, 0.2) is 0 Å². The van der Waals surface area contributed by atoms with Crippen LogP contribution in [0.5, 0.6) is 0 Å². The fourth-order valence-electron chi connectivity index (χ4n) is 1.34. The van der Waals surface area contributed by atoms with Crippen LogP contribution >= 0.6 is 11.3 Å². The third-order valence-electron chi connectivity index (χ3n) is 2.32. The van der Waals surface area contributed by atoms with Gasteiger partial charge in [0.2, 0.25) is 5.91 Å². The zero-order chi connectivity index (χ0) is 11.5. The van der Waals surface area contributed by atoms with Crippen molar-refractivity contribution in [1.82, 2.24) is 10.3 Å². The first-order chi connectivity index (χ1) is 7.66. The van der Waals surface area contributed by atoms with Crippen LogP contribution in [-0.2, 0) is 11.3 Å². The van der Waals surface area contributed by atoms with Gasteiger partial charge >= 0.3 is 0 Å². The van der Waals surface area contributed by atoms with E-state index in [-0.39, 0.29) is 11.9 Å². The summed E-state index contributed by atoms with van der Waals surface area (Å²) in [6.45, 7) is 2.32. The van der Waals surface area contributed by atoms with Crippen molar-refractivity contribution in [2.24, 2.45) is 5.73 Å². The number of thiazole rings is 1. The third kappa shape index (κ3) is 2.37. The molecule has 0 fully saturated rings. The molecule has 1 atom stereocenters. The van der Waals surface area contributed by atoms with Gasteiger partial charge < -0.3 is 5.73 Å². The summed E-state index contributed by atoms with van der Waals surface area (Å²) in [5.74, 6) is -0.346. The van der Waals surface area contributed by atoms with Crippen molar-refractivity contribution in [3.05, 3.63) is 29.3 Å². The summed E-state index contributed by atoms with van der Waals surface area (Å²) >= 11 is 1.63. The van der Waals surface area contributed by atoms with E-state index in [1.807, 2.05) is 24.3 Å². The van der Waals surface area contributed by atoms with E-state index >= 15 is 0 Å². The number of carbonyl (C=O) groups excluding carboxylic acids is 1. The number of amides is 1. The molecular formula is C11H13N3OS. The second-order valence-corrected chi connectivity index (χ2v) is 4.70. The summed E-state index contributed by atoms with van der Waals surface area (Å²) in [6.07, 6.45) is 0.